The number of likely N-dealkylation sites (tertiary alicyclic amines) is 1. The van der Waals surface area contributed by atoms with Crippen LogP contribution in [0.15, 0.2) is 48.5 Å². The van der Waals surface area contributed by atoms with E-state index in [1.165, 1.54) is 12.1 Å². The summed E-state index contributed by atoms with van der Waals surface area (Å²) in [4.78, 5) is 14.7. The molecule has 1 atom stereocenters. The van der Waals surface area contributed by atoms with Crippen molar-refractivity contribution < 1.29 is 18.0 Å². The molecule has 144 valence electrons. The van der Waals surface area contributed by atoms with Crippen molar-refractivity contribution in [3.8, 4) is 0 Å². The highest BCUT2D eigenvalue weighted by Gasteiger charge is 2.30. The number of halogens is 4. The molecule has 27 heavy (non-hydrogen) atoms. The van der Waals surface area contributed by atoms with E-state index in [-0.39, 0.29) is 11.8 Å². The molecule has 0 bridgehead atoms. The third-order valence-electron chi connectivity index (χ3n) is 4.71. The van der Waals surface area contributed by atoms with Gasteiger partial charge < -0.3 is 5.32 Å². The van der Waals surface area contributed by atoms with Gasteiger partial charge in [-0.15, -0.1) is 0 Å². The predicted molar refractivity (Wildman–Crippen MR) is 99.5 cm³/mol. The van der Waals surface area contributed by atoms with Crippen LogP contribution in [0.5, 0.6) is 0 Å². The number of amides is 1. The molecule has 3 nitrogen and oxygen atoms in total. The zero-order chi connectivity index (χ0) is 19.4. The van der Waals surface area contributed by atoms with E-state index in [4.69, 9.17) is 11.6 Å². The minimum Gasteiger partial charge on any atom is -0.326 e. The number of hydrogen-bond acceptors (Lipinski definition) is 2. The molecule has 7 heteroatoms. The first kappa shape index (κ1) is 19.7. The summed E-state index contributed by atoms with van der Waals surface area (Å²) in [5.41, 5.74) is 0.656. The third-order valence-corrected chi connectivity index (χ3v) is 5.08. The maximum atomic E-state index is 12.6. The summed E-state index contributed by atoms with van der Waals surface area (Å²) in [6, 6.07) is 12.1. The minimum atomic E-state index is -4.38. The number of carbonyl (C=O) groups excluding carboxylic acids is 1. The number of alkyl halides is 3. The monoisotopic (exact) mass is 396 g/mol. The van der Waals surface area contributed by atoms with E-state index < -0.39 is 11.7 Å². The molecule has 1 aliphatic heterocycles. The molecule has 1 unspecified atom stereocenters. The summed E-state index contributed by atoms with van der Waals surface area (Å²) in [6.07, 6.45) is -2.74. The van der Waals surface area contributed by atoms with Crippen molar-refractivity contribution >= 4 is 23.2 Å². The SMILES string of the molecule is O=C(Nc1ccc(C(F)(F)F)cc1)C1CCCN(Cc2ccccc2Cl)C1. The van der Waals surface area contributed by atoms with Crippen LogP contribution in [0, 0.1) is 5.92 Å². The minimum absolute atomic E-state index is 0.168. The van der Waals surface area contributed by atoms with Crippen LogP contribution in [0.25, 0.3) is 0 Å². The second-order valence-corrected chi connectivity index (χ2v) is 7.14. The van der Waals surface area contributed by atoms with E-state index in [2.05, 4.69) is 10.2 Å². The number of nitrogens with one attached hydrogen (secondary N) is 1. The van der Waals surface area contributed by atoms with Gasteiger partial charge in [-0.1, -0.05) is 29.8 Å². The smallest absolute Gasteiger partial charge is 0.326 e. The first-order chi connectivity index (χ1) is 12.8. The summed E-state index contributed by atoms with van der Waals surface area (Å²) >= 11 is 6.21. The summed E-state index contributed by atoms with van der Waals surface area (Å²) in [5, 5.41) is 3.43. The van der Waals surface area contributed by atoms with Crippen LogP contribution in [0.1, 0.15) is 24.0 Å². The Labute approximate surface area is 161 Å². The van der Waals surface area contributed by atoms with Gasteiger partial charge in [0.05, 0.1) is 11.5 Å². The molecule has 0 aliphatic carbocycles. The number of hydrogen-bond donors (Lipinski definition) is 1. The molecule has 1 amide bonds. The van der Waals surface area contributed by atoms with E-state index >= 15 is 0 Å². The second kappa shape index (κ2) is 8.31. The zero-order valence-corrected chi connectivity index (χ0v) is 15.4. The number of nitrogens with zero attached hydrogens (tertiary/aromatic N) is 1. The summed E-state index contributed by atoms with van der Waals surface area (Å²) in [6.45, 7) is 2.15. The van der Waals surface area contributed by atoms with Gasteiger partial charge in [-0.3, -0.25) is 9.69 Å². The highest BCUT2D eigenvalue weighted by Crippen LogP contribution is 2.30. The van der Waals surface area contributed by atoms with E-state index in [1.54, 1.807) is 0 Å². The molecule has 1 heterocycles. The molecule has 2 aromatic carbocycles. The molecule has 1 aliphatic rings. The Morgan fingerprint density at radius 1 is 1.15 bits per heavy atom. The molecule has 1 fully saturated rings. The van der Waals surface area contributed by atoms with Gasteiger partial charge in [0.1, 0.15) is 0 Å². The molecule has 1 saturated heterocycles. The number of rotatable bonds is 4. The first-order valence-electron chi connectivity index (χ1n) is 8.77. The van der Waals surface area contributed by atoms with Crippen molar-refractivity contribution in [1.82, 2.24) is 4.90 Å². The topological polar surface area (TPSA) is 32.3 Å². The molecule has 0 spiro atoms. The van der Waals surface area contributed by atoms with Crippen LogP contribution in [-0.4, -0.2) is 23.9 Å². The van der Waals surface area contributed by atoms with Crippen molar-refractivity contribution in [3.05, 3.63) is 64.7 Å². The fourth-order valence-corrected chi connectivity index (χ4v) is 3.46. The molecule has 2 aromatic rings. The molecule has 0 aromatic heterocycles. The summed E-state index contributed by atoms with van der Waals surface area (Å²) in [7, 11) is 0. The highest BCUT2D eigenvalue weighted by molar-refractivity contribution is 6.31. The predicted octanol–water partition coefficient (Wildman–Crippen LogP) is 5.21. The highest BCUT2D eigenvalue weighted by atomic mass is 35.5. The number of carbonyl (C=O) groups is 1. The van der Waals surface area contributed by atoms with Crippen LogP contribution in [0.3, 0.4) is 0 Å². The normalized spacial score (nSPS) is 18.3. The Morgan fingerprint density at radius 3 is 2.52 bits per heavy atom. The molecule has 0 radical (unpaired) electrons. The largest absolute Gasteiger partial charge is 0.416 e. The van der Waals surface area contributed by atoms with E-state index in [0.29, 0.717) is 23.8 Å². The standard InChI is InChI=1S/C20H20ClF3N2O/c21-18-6-2-1-4-14(18)12-26-11-3-5-15(13-26)19(27)25-17-9-7-16(8-10-17)20(22,23)24/h1-2,4,6-10,15H,3,5,11-13H2,(H,25,27). The van der Waals surface area contributed by atoms with Gasteiger partial charge in [0.15, 0.2) is 0 Å². The van der Waals surface area contributed by atoms with Crippen molar-refractivity contribution in [2.24, 2.45) is 5.92 Å². The first-order valence-corrected chi connectivity index (χ1v) is 9.14. The lowest BCUT2D eigenvalue weighted by molar-refractivity contribution is -0.137. The fourth-order valence-electron chi connectivity index (χ4n) is 3.27. The summed E-state index contributed by atoms with van der Waals surface area (Å²) < 4.78 is 37.9. The van der Waals surface area contributed by atoms with Crippen LogP contribution in [0.4, 0.5) is 18.9 Å². The Bertz CT molecular complexity index is 793. The second-order valence-electron chi connectivity index (χ2n) is 6.73. The Hall–Kier alpha value is -2.05. The average Bonchev–Trinajstić information content (AvgIpc) is 2.63. The fraction of sp³-hybridized carbons (Fsp3) is 0.350. The maximum absolute atomic E-state index is 12.6. The number of benzene rings is 2. The van der Waals surface area contributed by atoms with Crippen LogP contribution < -0.4 is 5.32 Å². The summed E-state index contributed by atoms with van der Waals surface area (Å²) in [5.74, 6) is -0.373. The van der Waals surface area contributed by atoms with Gasteiger partial charge in [-0.2, -0.15) is 13.2 Å². The van der Waals surface area contributed by atoms with Gasteiger partial charge in [-0.05, 0) is 55.3 Å². The average molecular weight is 397 g/mol. The van der Waals surface area contributed by atoms with E-state index in [1.807, 2.05) is 24.3 Å². The van der Waals surface area contributed by atoms with Crippen LogP contribution in [0.2, 0.25) is 5.02 Å². The van der Waals surface area contributed by atoms with Gasteiger partial charge in [-0.25, -0.2) is 0 Å². The molecular weight excluding hydrogens is 377 g/mol. The molecule has 0 saturated carbocycles. The van der Waals surface area contributed by atoms with Crippen molar-refractivity contribution in [1.29, 1.82) is 0 Å². The van der Waals surface area contributed by atoms with E-state index in [9.17, 15) is 18.0 Å². The maximum Gasteiger partial charge on any atom is 0.416 e. The lowest BCUT2D eigenvalue weighted by Gasteiger charge is -2.32. The Kier molecular flexibility index (Phi) is 6.07. The Morgan fingerprint density at radius 2 is 1.85 bits per heavy atom. The van der Waals surface area contributed by atoms with Crippen molar-refractivity contribution in [3.63, 3.8) is 0 Å². The van der Waals surface area contributed by atoms with Gasteiger partial charge >= 0.3 is 6.18 Å². The van der Waals surface area contributed by atoms with Gasteiger partial charge in [0.2, 0.25) is 5.91 Å². The molecular formula is C20H20ClF3N2O. The van der Waals surface area contributed by atoms with Crippen molar-refractivity contribution in [2.75, 3.05) is 18.4 Å². The number of anilines is 1. The quantitative estimate of drug-likeness (QED) is 0.769. The zero-order valence-electron chi connectivity index (χ0n) is 14.6. The van der Waals surface area contributed by atoms with Gasteiger partial charge in [0.25, 0.3) is 0 Å². The molecule has 3 rings (SSSR count). The van der Waals surface area contributed by atoms with Gasteiger partial charge in [0, 0.05) is 23.8 Å². The number of piperidine rings is 1. The van der Waals surface area contributed by atoms with Crippen LogP contribution >= 0.6 is 11.6 Å². The third kappa shape index (κ3) is 5.23. The van der Waals surface area contributed by atoms with Crippen molar-refractivity contribution in [2.45, 2.75) is 25.6 Å². The van der Waals surface area contributed by atoms with E-state index in [0.717, 1.165) is 37.1 Å². The lowest BCUT2D eigenvalue weighted by atomic mass is 9.96. The van der Waals surface area contributed by atoms with Crippen LogP contribution in [-0.2, 0) is 17.5 Å². The Balaban J connectivity index is 1.59. The molecule has 1 N–H and O–H groups in total. The lowest BCUT2D eigenvalue weighted by Crippen LogP contribution is -2.40.